The van der Waals surface area contributed by atoms with Crippen molar-refractivity contribution in [3.8, 4) is 0 Å². The number of ether oxygens (including phenoxy) is 5. The summed E-state index contributed by atoms with van der Waals surface area (Å²) in [5.74, 6) is -2.33. The van der Waals surface area contributed by atoms with Gasteiger partial charge in [0.05, 0.1) is 6.61 Å². The molecule has 0 aliphatic carbocycles. The lowest BCUT2D eigenvalue weighted by molar-refractivity contribution is -0.211. The minimum absolute atomic E-state index is 0.145. The molecule has 10 nitrogen and oxygen atoms in total. The first kappa shape index (κ1) is 25.1. The van der Waals surface area contributed by atoms with Crippen LogP contribution in [0.3, 0.4) is 0 Å². The summed E-state index contributed by atoms with van der Waals surface area (Å²) in [7, 11) is 0. The SMILES string of the molecule is CCOC(=S)S[C@H]1O[C@@H](COC(C)=O)[C@H](OC(C)=O)[C@@H](OC(C)=O)[C@@H]1NC(C)=O. The van der Waals surface area contributed by atoms with Crippen LogP contribution in [0.5, 0.6) is 0 Å². The fourth-order valence-corrected chi connectivity index (χ4v) is 3.98. The number of thiocarbonyl (C=S) groups is 1. The van der Waals surface area contributed by atoms with Gasteiger partial charge in [-0.2, -0.15) is 0 Å². The lowest BCUT2D eigenvalue weighted by Gasteiger charge is -2.44. The van der Waals surface area contributed by atoms with Gasteiger partial charge in [-0.25, -0.2) is 0 Å². The predicted molar refractivity (Wildman–Crippen MR) is 106 cm³/mol. The molecule has 1 aliphatic heterocycles. The van der Waals surface area contributed by atoms with E-state index in [1.807, 2.05) is 0 Å². The van der Waals surface area contributed by atoms with Crippen molar-refractivity contribution in [1.29, 1.82) is 0 Å². The van der Waals surface area contributed by atoms with E-state index in [9.17, 15) is 19.2 Å². The number of carbonyl (C=O) groups is 4. The van der Waals surface area contributed by atoms with E-state index < -0.39 is 53.6 Å². The van der Waals surface area contributed by atoms with E-state index in [1.165, 1.54) is 27.7 Å². The summed E-state index contributed by atoms with van der Waals surface area (Å²) >= 11 is 6.13. The van der Waals surface area contributed by atoms with Crippen molar-refractivity contribution in [2.75, 3.05) is 13.2 Å². The quantitative estimate of drug-likeness (QED) is 0.334. The molecule has 1 fully saturated rings. The molecule has 164 valence electrons. The third-order valence-corrected chi connectivity index (χ3v) is 4.90. The third-order valence-electron chi connectivity index (χ3n) is 3.55. The largest absolute Gasteiger partial charge is 0.479 e. The predicted octanol–water partition coefficient (Wildman–Crippen LogP) is 0.697. The number of esters is 3. The Morgan fingerprint density at radius 2 is 1.55 bits per heavy atom. The molecule has 1 rings (SSSR count). The van der Waals surface area contributed by atoms with Crippen LogP contribution in [-0.4, -0.2) is 71.2 Å². The first-order valence-electron chi connectivity index (χ1n) is 8.78. The van der Waals surface area contributed by atoms with Gasteiger partial charge in [-0.3, -0.25) is 19.2 Å². The molecule has 1 N–H and O–H groups in total. The Labute approximate surface area is 178 Å². The van der Waals surface area contributed by atoms with E-state index in [2.05, 4.69) is 5.32 Å². The van der Waals surface area contributed by atoms with E-state index in [4.69, 9.17) is 35.9 Å². The summed E-state index contributed by atoms with van der Waals surface area (Å²) in [5.41, 5.74) is -0.866. The van der Waals surface area contributed by atoms with Crippen LogP contribution < -0.4 is 5.32 Å². The number of carbonyl (C=O) groups excluding carboxylic acids is 4. The first-order chi connectivity index (χ1) is 13.5. The molecular formula is C17H25NO9S2. The second-order valence-corrected chi connectivity index (χ2v) is 7.72. The lowest BCUT2D eigenvalue weighted by Crippen LogP contribution is -2.65. The smallest absolute Gasteiger partial charge is 0.303 e. The zero-order chi connectivity index (χ0) is 22.1. The van der Waals surface area contributed by atoms with Gasteiger partial charge in [0.1, 0.15) is 24.2 Å². The van der Waals surface area contributed by atoms with Crippen LogP contribution in [0.1, 0.15) is 34.6 Å². The van der Waals surface area contributed by atoms with Crippen LogP contribution in [0, 0.1) is 0 Å². The maximum absolute atomic E-state index is 11.8. The maximum Gasteiger partial charge on any atom is 0.303 e. The zero-order valence-electron chi connectivity index (χ0n) is 16.8. The molecule has 0 aromatic carbocycles. The fourth-order valence-electron chi connectivity index (χ4n) is 2.64. The van der Waals surface area contributed by atoms with Gasteiger partial charge >= 0.3 is 17.9 Å². The number of hydrogen-bond donors (Lipinski definition) is 1. The molecule has 0 bridgehead atoms. The van der Waals surface area contributed by atoms with Crippen LogP contribution in [0.2, 0.25) is 0 Å². The highest BCUT2D eigenvalue weighted by molar-refractivity contribution is 8.22. The summed E-state index contributed by atoms with van der Waals surface area (Å²) in [6.07, 6.45) is -3.22. The van der Waals surface area contributed by atoms with E-state index in [-0.39, 0.29) is 11.0 Å². The lowest BCUT2D eigenvalue weighted by atomic mass is 9.97. The van der Waals surface area contributed by atoms with Crippen LogP contribution in [-0.2, 0) is 42.9 Å². The molecule has 1 saturated heterocycles. The van der Waals surface area contributed by atoms with Gasteiger partial charge in [-0.1, -0.05) is 0 Å². The van der Waals surface area contributed by atoms with Crippen LogP contribution >= 0.6 is 24.0 Å². The van der Waals surface area contributed by atoms with E-state index >= 15 is 0 Å². The van der Waals surface area contributed by atoms with Crippen molar-refractivity contribution < 1.29 is 42.9 Å². The van der Waals surface area contributed by atoms with Crippen molar-refractivity contribution >= 4 is 52.2 Å². The minimum atomic E-state index is -1.13. The summed E-state index contributed by atoms with van der Waals surface area (Å²) < 4.78 is 27.0. The Balaban J connectivity index is 3.29. The van der Waals surface area contributed by atoms with Crippen LogP contribution in [0.15, 0.2) is 0 Å². The summed E-state index contributed by atoms with van der Waals surface area (Å²) in [4.78, 5) is 46.4. The summed E-state index contributed by atoms with van der Waals surface area (Å²) in [6.45, 7) is 6.65. The molecule has 1 amide bonds. The van der Waals surface area contributed by atoms with Crippen molar-refractivity contribution in [2.24, 2.45) is 0 Å². The average molecular weight is 452 g/mol. The second kappa shape index (κ2) is 11.9. The van der Waals surface area contributed by atoms with Gasteiger partial charge in [-0.05, 0) is 30.9 Å². The van der Waals surface area contributed by atoms with Crippen molar-refractivity contribution in [3.63, 3.8) is 0 Å². The van der Waals surface area contributed by atoms with E-state index in [1.54, 1.807) is 6.92 Å². The molecule has 0 radical (unpaired) electrons. The van der Waals surface area contributed by atoms with Gasteiger partial charge in [0.25, 0.3) is 0 Å². The number of hydrogen-bond acceptors (Lipinski definition) is 11. The second-order valence-electron chi connectivity index (χ2n) is 6.02. The molecule has 0 aromatic rings. The Morgan fingerprint density at radius 3 is 2.03 bits per heavy atom. The van der Waals surface area contributed by atoms with Crippen LogP contribution in [0.4, 0.5) is 0 Å². The van der Waals surface area contributed by atoms with Gasteiger partial charge in [0, 0.05) is 27.7 Å². The monoisotopic (exact) mass is 451 g/mol. The van der Waals surface area contributed by atoms with Crippen molar-refractivity contribution in [2.45, 2.75) is 64.4 Å². The number of amides is 1. The molecule has 1 aliphatic rings. The number of nitrogens with one attached hydrogen (secondary N) is 1. The van der Waals surface area contributed by atoms with Gasteiger partial charge in [0.15, 0.2) is 12.2 Å². The Morgan fingerprint density at radius 1 is 0.966 bits per heavy atom. The number of thioether (sulfide) groups is 1. The van der Waals surface area contributed by atoms with Gasteiger partial charge in [0.2, 0.25) is 10.3 Å². The minimum Gasteiger partial charge on any atom is -0.479 e. The maximum atomic E-state index is 11.8. The molecule has 0 unspecified atom stereocenters. The molecule has 0 saturated carbocycles. The van der Waals surface area contributed by atoms with Gasteiger partial charge < -0.3 is 29.0 Å². The number of rotatable bonds is 7. The van der Waals surface area contributed by atoms with Crippen molar-refractivity contribution in [1.82, 2.24) is 5.32 Å². The fraction of sp³-hybridized carbons (Fsp3) is 0.706. The summed E-state index contributed by atoms with van der Waals surface area (Å²) in [5, 5.41) is 2.65. The molecule has 12 heteroatoms. The molecule has 1 heterocycles. The van der Waals surface area contributed by atoms with E-state index in [0.717, 1.165) is 11.8 Å². The highest BCUT2D eigenvalue weighted by atomic mass is 32.2. The zero-order valence-corrected chi connectivity index (χ0v) is 18.4. The Hall–Kier alpha value is -1.92. The van der Waals surface area contributed by atoms with Gasteiger partial charge in [-0.15, -0.1) is 0 Å². The standard InChI is InChI=1S/C17H25NO9S2/c1-6-23-17(28)29-16-13(18-8(2)19)15(26-11(5)22)14(25-10(4)21)12(27-16)7-24-9(3)20/h12-16H,6-7H2,1-5H3,(H,18,19)/t12-,13-,14-,15-,16+/m0/s1. The van der Waals surface area contributed by atoms with Crippen LogP contribution in [0.25, 0.3) is 0 Å². The molecule has 29 heavy (non-hydrogen) atoms. The molecule has 0 aromatic heterocycles. The normalized spacial score (nSPS) is 26.0. The molecular weight excluding hydrogens is 426 g/mol. The topological polar surface area (TPSA) is 126 Å². The highest BCUT2D eigenvalue weighted by Gasteiger charge is 2.51. The first-order valence-corrected chi connectivity index (χ1v) is 10.1. The Kier molecular flexibility index (Phi) is 10.3. The van der Waals surface area contributed by atoms with E-state index in [0.29, 0.717) is 6.61 Å². The highest BCUT2D eigenvalue weighted by Crippen LogP contribution is 2.33. The summed E-state index contributed by atoms with van der Waals surface area (Å²) in [6, 6.07) is -0.919. The molecule has 5 atom stereocenters. The average Bonchev–Trinajstić information content (AvgIpc) is 2.57. The van der Waals surface area contributed by atoms with Crippen molar-refractivity contribution in [3.05, 3.63) is 0 Å². The third kappa shape index (κ3) is 8.54. The molecule has 0 spiro atoms. The Bertz CT molecular complexity index is 642.